The molecule has 2 aliphatic rings. The minimum Gasteiger partial charge on any atom is -0.325 e. The number of carbonyl (C=O) groups excluding carboxylic acids is 1. The van der Waals surface area contributed by atoms with Crippen molar-refractivity contribution >= 4 is 22.4 Å². The average molecular weight is 280 g/mol. The Morgan fingerprint density at radius 3 is 2.86 bits per heavy atom. The second kappa shape index (κ2) is 5.15. The maximum Gasteiger partial charge on any atom is 0.241 e. The van der Waals surface area contributed by atoms with Crippen LogP contribution in [0.15, 0.2) is 42.5 Å². The molecule has 3 heteroatoms. The van der Waals surface area contributed by atoms with Gasteiger partial charge in [-0.25, -0.2) is 0 Å². The highest BCUT2D eigenvalue weighted by Gasteiger charge is 2.42. The molecule has 2 N–H and O–H groups in total. The van der Waals surface area contributed by atoms with E-state index in [1.54, 1.807) is 0 Å². The number of carbonyl (C=O) groups is 1. The van der Waals surface area contributed by atoms with Gasteiger partial charge in [-0.15, -0.1) is 0 Å². The summed E-state index contributed by atoms with van der Waals surface area (Å²) in [5.41, 5.74) is 0.891. The molecule has 0 bridgehead atoms. The molecule has 1 aliphatic carbocycles. The summed E-state index contributed by atoms with van der Waals surface area (Å²) in [6, 6.07) is 14.3. The zero-order valence-electron chi connectivity index (χ0n) is 12.0. The SMILES string of the molecule is O=C(Nc1ccc2ccccc2c1)C1NCC2CCCC21. The van der Waals surface area contributed by atoms with E-state index in [2.05, 4.69) is 28.8 Å². The van der Waals surface area contributed by atoms with E-state index in [-0.39, 0.29) is 11.9 Å². The fraction of sp³-hybridized carbons (Fsp3) is 0.389. The number of hydrogen-bond acceptors (Lipinski definition) is 2. The Kier molecular flexibility index (Phi) is 3.15. The Labute approximate surface area is 124 Å². The number of nitrogens with one attached hydrogen (secondary N) is 2. The Morgan fingerprint density at radius 2 is 1.95 bits per heavy atom. The molecular formula is C18H20N2O. The molecule has 3 unspecified atom stereocenters. The molecule has 2 aromatic carbocycles. The molecule has 1 heterocycles. The van der Waals surface area contributed by atoms with Crippen molar-refractivity contribution in [3.8, 4) is 0 Å². The second-order valence-corrected chi connectivity index (χ2v) is 6.29. The van der Waals surface area contributed by atoms with Gasteiger partial charge in [0, 0.05) is 5.69 Å². The van der Waals surface area contributed by atoms with Gasteiger partial charge in [0.15, 0.2) is 0 Å². The van der Waals surface area contributed by atoms with E-state index < -0.39 is 0 Å². The van der Waals surface area contributed by atoms with Crippen LogP contribution in [0.1, 0.15) is 19.3 Å². The summed E-state index contributed by atoms with van der Waals surface area (Å²) >= 11 is 0. The molecule has 4 rings (SSSR count). The van der Waals surface area contributed by atoms with Crippen molar-refractivity contribution in [2.24, 2.45) is 11.8 Å². The third-order valence-electron chi connectivity index (χ3n) is 5.05. The Morgan fingerprint density at radius 1 is 1.10 bits per heavy atom. The normalized spacial score (nSPS) is 27.7. The van der Waals surface area contributed by atoms with Gasteiger partial charge < -0.3 is 10.6 Å². The van der Waals surface area contributed by atoms with E-state index in [4.69, 9.17) is 0 Å². The number of rotatable bonds is 2. The molecule has 1 amide bonds. The predicted octanol–water partition coefficient (Wildman–Crippen LogP) is 3.17. The number of fused-ring (bicyclic) bond motifs is 2. The second-order valence-electron chi connectivity index (χ2n) is 6.29. The molecule has 21 heavy (non-hydrogen) atoms. The van der Waals surface area contributed by atoms with Crippen LogP contribution in [0.25, 0.3) is 10.8 Å². The van der Waals surface area contributed by atoms with Crippen LogP contribution < -0.4 is 10.6 Å². The number of hydrogen-bond donors (Lipinski definition) is 2. The quantitative estimate of drug-likeness (QED) is 0.887. The first-order valence-electron chi connectivity index (χ1n) is 7.84. The zero-order valence-corrected chi connectivity index (χ0v) is 12.0. The Bertz CT molecular complexity index is 682. The summed E-state index contributed by atoms with van der Waals surface area (Å²) in [7, 11) is 0. The molecule has 3 nitrogen and oxygen atoms in total. The highest BCUT2D eigenvalue weighted by atomic mass is 16.2. The largest absolute Gasteiger partial charge is 0.325 e. The number of benzene rings is 2. The van der Waals surface area contributed by atoms with Crippen LogP contribution >= 0.6 is 0 Å². The lowest BCUT2D eigenvalue weighted by molar-refractivity contribution is -0.118. The van der Waals surface area contributed by atoms with E-state index in [1.807, 2.05) is 24.3 Å². The average Bonchev–Trinajstić information content (AvgIpc) is 3.09. The zero-order chi connectivity index (χ0) is 14.2. The fourth-order valence-corrected chi connectivity index (χ4v) is 3.96. The van der Waals surface area contributed by atoms with E-state index in [9.17, 15) is 4.79 Å². The lowest BCUT2D eigenvalue weighted by atomic mass is 9.93. The highest BCUT2D eigenvalue weighted by Crippen LogP contribution is 2.38. The highest BCUT2D eigenvalue weighted by molar-refractivity contribution is 5.97. The molecule has 0 radical (unpaired) electrons. The first kappa shape index (κ1) is 12.8. The Hall–Kier alpha value is -1.87. The van der Waals surface area contributed by atoms with Crippen LogP contribution in [0, 0.1) is 11.8 Å². The van der Waals surface area contributed by atoms with E-state index in [1.165, 1.54) is 24.6 Å². The van der Waals surface area contributed by atoms with Gasteiger partial charge in [-0.05, 0) is 54.1 Å². The van der Waals surface area contributed by atoms with Gasteiger partial charge in [0.25, 0.3) is 0 Å². The minimum atomic E-state index is -0.0102. The topological polar surface area (TPSA) is 41.1 Å². The summed E-state index contributed by atoms with van der Waals surface area (Å²) in [6.07, 6.45) is 3.74. The van der Waals surface area contributed by atoms with Crippen molar-refractivity contribution in [1.82, 2.24) is 5.32 Å². The summed E-state index contributed by atoms with van der Waals surface area (Å²) in [4.78, 5) is 12.5. The summed E-state index contributed by atoms with van der Waals surface area (Å²) in [6.45, 7) is 1.00. The first-order valence-corrected chi connectivity index (χ1v) is 7.84. The maximum atomic E-state index is 12.5. The molecule has 2 aromatic rings. The molecule has 1 saturated carbocycles. The van der Waals surface area contributed by atoms with Crippen LogP contribution in [0.2, 0.25) is 0 Å². The van der Waals surface area contributed by atoms with Crippen molar-refractivity contribution in [2.75, 3.05) is 11.9 Å². The summed E-state index contributed by atoms with van der Waals surface area (Å²) in [5, 5.41) is 8.85. The molecular weight excluding hydrogens is 260 g/mol. The molecule has 2 fully saturated rings. The first-order chi connectivity index (χ1) is 10.3. The third-order valence-corrected chi connectivity index (χ3v) is 5.05. The van der Waals surface area contributed by atoms with Crippen molar-refractivity contribution in [3.05, 3.63) is 42.5 Å². The van der Waals surface area contributed by atoms with Crippen LogP contribution in [0.3, 0.4) is 0 Å². The molecule has 1 saturated heterocycles. The lowest BCUT2D eigenvalue weighted by Gasteiger charge is -2.18. The fourth-order valence-electron chi connectivity index (χ4n) is 3.96. The molecule has 1 aliphatic heterocycles. The van der Waals surface area contributed by atoms with Crippen molar-refractivity contribution < 1.29 is 4.79 Å². The van der Waals surface area contributed by atoms with Crippen molar-refractivity contribution in [2.45, 2.75) is 25.3 Å². The van der Waals surface area contributed by atoms with E-state index >= 15 is 0 Å². The van der Waals surface area contributed by atoms with E-state index in [0.717, 1.165) is 17.6 Å². The predicted molar refractivity (Wildman–Crippen MR) is 85.2 cm³/mol. The lowest BCUT2D eigenvalue weighted by Crippen LogP contribution is -2.39. The monoisotopic (exact) mass is 280 g/mol. The standard InChI is InChI=1S/C18H20N2O/c21-18(17-16-7-3-6-14(16)11-19-17)20-15-9-8-12-4-1-2-5-13(12)10-15/h1-2,4-5,8-10,14,16-17,19H,3,6-7,11H2,(H,20,21). The maximum absolute atomic E-state index is 12.5. The van der Waals surface area contributed by atoms with Gasteiger partial charge in [-0.2, -0.15) is 0 Å². The Balaban J connectivity index is 1.52. The molecule has 108 valence electrons. The van der Waals surface area contributed by atoms with Crippen LogP contribution in [-0.4, -0.2) is 18.5 Å². The molecule has 0 aromatic heterocycles. The van der Waals surface area contributed by atoms with Gasteiger partial charge in [-0.3, -0.25) is 4.79 Å². The number of anilines is 1. The van der Waals surface area contributed by atoms with Crippen molar-refractivity contribution in [3.63, 3.8) is 0 Å². The van der Waals surface area contributed by atoms with Crippen LogP contribution in [0.4, 0.5) is 5.69 Å². The van der Waals surface area contributed by atoms with Crippen LogP contribution in [-0.2, 0) is 4.79 Å². The van der Waals surface area contributed by atoms with Crippen molar-refractivity contribution in [1.29, 1.82) is 0 Å². The minimum absolute atomic E-state index is 0.0102. The summed E-state index contributed by atoms with van der Waals surface area (Å²) < 4.78 is 0. The van der Waals surface area contributed by atoms with Gasteiger partial charge >= 0.3 is 0 Å². The number of amides is 1. The summed E-state index contributed by atoms with van der Waals surface area (Å²) in [5.74, 6) is 1.36. The van der Waals surface area contributed by atoms with Crippen LogP contribution in [0.5, 0.6) is 0 Å². The smallest absolute Gasteiger partial charge is 0.241 e. The molecule has 0 spiro atoms. The van der Waals surface area contributed by atoms with Gasteiger partial charge in [0.1, 0.15) is 0 Å². The van der Waals surface area contributed by atoms with E-state index in [0.29, 0.717) is 11.8 Å². The van der Waals surface area contributed by atoms with Gasteiger partial charge in [-0.1, -0.05) is 36.8 Å². The van der Waals surface area contributed by atoms with Gasteiger partial charge in [0.05, 0.1) is 6.04 Å². The third kappa shape index (κ3) is 2.32. The van der Waals surface area contributed by atoms with Gasteiger partial charge in [0.2, 0.25) is 5.91 Å². The molecule has 3 atom stereocenters.